The SMILES string of the molecule is CCCCCCOCC(O)CNCC1CCN(CC)C1. The molecule has 1 aliphatic heterocycles. The van der Waals surface area contributed by atoms with Crippen LogP contribution in [0.15, 0.2) is 0 Å². The summed E-state index contributed by atoms with van der Waals surface area (Å²) in [5.41, 5.74) is 0. The number of hydrogen-bond donors (Lipinski definition) is 2. The lowest BCUT2D eigenvalue weighted by molar-refractivity contribution is 0.0351. The van der Waals surface area contributed by atoms with Crippen LogP contribution in [0.1, 0.15) is 46.0 Å². The van der Waals surface area contributed by atoms with Gasteiger partial charge in [-0.15, -0.1) is 0 Å². The lowest BCUT2D eigenvalue weighted by atomic mass is 10.1. The molecule has 1 rings (SSSR count). The molecule has 0 amide bonds. The number of rotatable bonds is 12. The molecule has 2 atom stereocenters. The molecule has 1 heterocycles. The van der Waals surface area contributed by atoms with Gasteiger partial charge in [-0.05, 0) is 38.4 Å². The third kappa shape index (κ3) is 8.20. The lowest BCUT2D eigenvalue weighted by Gasteiger charge is -2.16. The van der Waals surface area contributed by atoms with Crippen LogP contribution in [-0.4, -0.2) is 62.0 Å². The predicted octanol–water partition coefficient (Wildman–Crippen LogP) is 1.88. The molecule has 0 aromatic rings. The zero-order valence-electron chi connectivity index (χ0n) is 13.4. The zero-order valence-corrected chi connectivity index (χ0v) is 13.4. The smallest absolute Gasteiger partial charge is 0.0897 e. The van der Waals surface area contributed by atoms with Gasteiger partial charge in [0, 0.05) is 19.7 Å². The molecule has 0 spiro atoms. The minimum absolute atomic E-state index is 0.371. The Bertz CT molecular complexity index is 227. The van der Waals surface area contributed by atoms with E-state index >= 15 is 0 Å². The molecule has 0 radical (unpaired) electrons. The van der Waals surface area contributed by atoms with Crippen molar-refractivity contribution >= 4 is 0 Å². The van der Waals surface area contributed by atoms with Gasteiger partial charge in [0.05, 0.1) is 12.7 Å². The number of nitrogens with one attached hydrogen (secondary N) is 1. The first kappa shape index (κ1) is 17.9. The molecule has 4 nitrogen and oxygen atoms in total. The minimum Gasteiger partial charge on any atom is -0.389 e. The minimum atomic E-state index is -0.371. The molecular weight excluding hydrogens is 252 g/mol. The summed E-state index contributed by atoms with van der Waals surface area (Å²) in [5, 5.41) is 13.2. The van der Waals surface area contributed by atoms with Crippen molar-refractivity contribution in [3.63, 3.8) is 0 Å². The fraction of sp³-hybridized carbons (Fsp3) is 1.00. The summed E-state index contributed by atoms with van der Waals surface area (Å²) in [6.45, 7) is 10.9. The molecule has 1 aliphatic rings. The van der Waals surface area contributed by atoms with Gasteiger partial charge in [0.1, 0.15) is 0 Å². The normalized spacial score (nSPS) is 21.4. The summed E-state index contributed by atoms with van der Waals surface area (Å²) in [6.07, 6.45) is 5.80. The molecule has 0 aliphatic carbocycles. The Morgan fingerprint density at radius 1 is 1.30 bits per heavy atom. The van der Waals surface area contributed by atoms with Crippen LogP contribution in [0, 0.1) is 5.92 Å². The van der Waals surface area contributed by atoms with Gasteiger partial charge in [-0.25, -0.2) is 0 Å². The summed E-state index contributed by atoms with van der Waals surface area (Å²) < 4.78 is 5.50. The number of nitrogens with zero attached hydrogens (tertiary/aromatic N) is 1. The van der Waals surface area contributed by atoms with E-state index in [1.807, 2.05) is 0 Å². The van der Waals surface area contributed by atoms with Crippen molar-refractivity contribution in [2.75, 3.05) is 45.9 Å². The molecule has 0 saturated carbocycles. The lowest BCUT2D eigenvalue weighted by Crippen LogP contribution is -2.34. The third-order valence-electron chi connectivity index (χ3n) is 4.08. The van der Waals surface area contributed by atoms with Gasteiger partial charge in [-0.3, -0.25) is 0 Å². The van der Waals surface area contributed by atoms with E-state index < -0.39 is 0 Å². The summed E-state index contributed by atoms with van der Waals surface area (Å²) in [5.74, 6) is 0.747. The molecule has 0 aromatic heterocycles. The highest BCUT2D eigenvalue weighted by atomic mass is 16.5. The summed E-state index contributed by atoms with van der Waals surface area (Å²) in [4.78, 5) is 2.49. The second-order valence-electron chi connectivity index (χ2n) is 6.00. The van der Waals surface area contributed by atoms with Crippen LogP contribution in [0.3, 0.4) is 0 Å². The highest BCUT2D eigenvalue weighted by Crippen LogP contribution is 2.14. The van der Waals surface area contributed by atoms with E-state index in [4.69, 9.17) is 4.74 Å². The first-order chi connectivity index (χ1) is 9.76. The van der Waals surface area contributed by atoms with E-state index in [-0.39, 0.29) is 6.10 Å². The van der Waals surface area contributed by atoms with Gasteiger partial charge in [-0.1, -0.05) is 33.1 Å². The molecule has 2 N–H and O–H groups in total. The van der Waals surface area contributed by atoms with Crippen molar-refractivity contribution < 1.29 is 9.84 Å². The van der Waals surface area contributed by atoms with E-state index in [2.05, 4.69) is 24.1 Å². The number of likely N-dealkylation sites (tertiary alicyclic amines) is 1. The standard InChI is InChI=1S/C16H34N2O2/c1-3-5-6-7-10-20-14-16(19)12-17-11-15-8-9-18(4-2)13-15/h15-17,19H,3-14H2,1-2H3. The second-order valence-corrected chi connectivity index (χ2v) is 6.00. The monoisotopic (exact) mass is 286 g/mol. The van der Waals surface area contributed by atoms with Crippen LogP contribution < -0.4 is 5.32 Å². The van der Waals surface area contributed by atoms with E-state index in [9.17, 15) is 5.11 Å². The Kier molecular flexibility index (Phi) is 10.3. The van der Waals surface area contributed by atoms with Gasteiger partial charge in [0.15, 0.2) is 0 Å². The maximum Gasteiger partial charge on any atom is 0.0897 e. The Morgan fingerprint density at radius 2 is 2.15 bits per heavy atom. The number of ether oxygens (including phenoxy) is 1. The number of aliphatic hydroxyl groups excluding tert-OH is 1. The average Bonchev–Trinajstić information content (AvgIpc) is 2.90. The van der Waals surface area contributed by atoms with Crippen molar-refractivity contribution in [1.29, 1.82) is 0 Å². The molecule has 1 fully saturated rings. The van der Waals surface area contributed by atoms with Crippen LogP contribution in [0.25, 0.3) is 0 Å². The Labute approximate surface area is 124 Å². The van der Waals surface area contributed by atoms with E-state index in [0.29, 0.717) is 13.2 Å². The zero-order chi connectivity index (χ0) is 14.6. The number of hydrogen-bond acceptors (Lipinski definition) is 4. The molecule has 20 heavy (non-hydrogen) atoms. The fourth-order valence-corrected chi connectivity index (χ4v) is 2.73. The predicted molar refractivity (Wildman–Crippen MR) is 84.1 cm³/mol. The van der Waals surface area contributed by atoms with Gasteiger partial charge >= 0.3 is 0 Å². The van der Waals surface area contributed by atoms with Crippen LogP contribution >= 0.6 is 0 Å². The van der Waals surface area contributed by atoms with Gasteiger partial charge in [0.2, 0.25) is 0 Å². The number of aliphatic hydroxyl groups is 1. The largest absolute Gasteiger partial charge is 0.389 e. The highest BCUT2D eigenvalue weighted by molar-refractivity contribution is 4.76. The Balaban J connectivity index is 1.89. The maximum atomic E-state index is 9.83. The third-order valence-corrected chi connectivity index (χ3v) is 4.08. The van der Waals surface area contributed by atoms with Crippen molar-refractivity contribution in [1.82, 2.24) is 10.2 Å². The fourth-order valence-electron chi connectivity index (χ4n) is 2.73. The van der Waals surface area contributed by atoms with Gasteiger partial charge in [-0.2, -0.15) is 0 Å². The quantitative estimate of drug-likeness (QED) is 0.538. The Morgan fingerprint density at radius 3 is 2.85 bits per heavy atom. The summed E-state index contributed by atoms with van der Waals surface area (Å²) in [6, 6.07) is 0. The van der Waals surface area contributed by atoms with Gasteiger partial charge < -0.3 is 20.1 Å². The van der Waals surface area contributed by atoms with Crippen molar-refractivity contribution in [3.8, 4) is 0 Å². The van der Waals surface area contributed by atoms with Crippen LogP contribution in [-0.2, 0) is 4.74 Å². The summed E-state index contributed by atoms with van der Waals surface area (Å²) >= 11 is 0. The Hall–Kier alpha value is -0.160. The van der Waals surface area contributed by atoms with Crippen LogP contribution in [0.4, 0.5) is 0 Å². The molecular formula is C16H34N2O2. The summed E-state index contributed by atoms with van der Waals surface area (Å²) in [7, 11) is 0. The second kappa shape index (κ2) is 11.5. The van der Waals surface area contributed by atoms with E-state index in [1.165, 1.54) is 38.8 Å². The van der Waals surface area contributed by atoms with Crippen molar-refractivity contribution in [3.05, 3.63) is 0 Å². The maximum absolute atomic E-state index is 9.83. The molecule has 4 heteroatoms. The molecule has 2 unspecified atom stereocenters. The molecule has 0 bridgehead atoms. The topological polar surface area (TPSA) is 44.7 Å². The molecule has 0 aromatic carbocycles. The molecule has 120 valence electrons. The van der Waals surface area contributed by atoms with E-state index in [0.717, 1.165) is 32.0 Å². The van der Waals surface area contributed by atoms with Crippen LogP contribution in [0.2, 0.25) is 0 Å². The van der Waals surface area contributed by atoms with Crippen molar-refractivity contribution in [2.45, 2.75) is 52.1 Å². The average molecular weight is 286 g/mol. The van der Waals surface area contributed by atoms with Crippen molar-refractivity contribution in [2.24, 2.45) is 5.92 Å². The first-order valence-electron chi connectivity index (χ1n) is 8.45. The first-order valence-corrected chi connectivity index (χ1v) is 8.45. The molecule has 1 saturated heterocycles. The van der Waals surface area contributed by atoms with E-state index in [1.54, 1.807) is 0 Å². The van der Waals surface area contributed by atoms with Crippen LogP contribution in [0.5, 0.6) is 0 Å². The van der Waals surface area contributed by atoms with Gasteiger partial charge in [0.25, 0.3) is 0 Å². The number of unbranched alkanes of at least 4 members (excludes halogenated alkanes) is 3. The highest BCUT2D eigenvalue weighted by Gasteiger charge is 2.20.